The second-order valence-corrected chi connectivity index (χ2v) is 6.05. The van der Waals surface area contributed by atoms with Gasteiger partial charge in [0.05, 0.1) is 0 Å². The zero-order valence-electron chi connectivity index (χ0n) is 13.3. The summed E-state index contributed by atoms with van der Waals surface area (Å²) in [5, 5.41) is 10.1. The highest BCUT2D eigenvalue weighted by atomic mass is 16.3. The number of benzene rings is 1. The highest BCUT2D eigenvalue weighted by molar-refractivity contribution is 5.94. The highest BCUT2D eigenvalue weighted by Crippen LogP contribution is 2.23. The van der Waals surface area contributed by atoms with E-state index in [1.807, 2.05) is 6.07 Å². The predicted octanol–water partition coefficient (Wildman–Crippen LogP) is 2.51. The third-order valence-electron chi connectivity index (χ3n) is 4.35. The number of hydrogen-bond acceptors (Lipinski definition) is 4. The number of carbonyl (C=O) groups is 1. The Morgan fingerprint density at radius 1 is 1.38 bits per heavy atom. The Morgan fingerprint density at radius 3 is 2.81 bits per heavy atom. The molecule has 2 rings (SSSR count). The van der Waals surface area contributed by atoms with Crippen LogP contribution in [0, 0.1) is 0 Å². The second kappa shape index (κ2) is 7.05. The van der Waals surface area contributed by atoms with Crippen molar-refractivity contribution in [1.29, 1.82) is 0 Å². The van der Waals surface area contributed by atoms with Crippen molar-refractivity contribution < 1.29 is 9.90 Å². The molecule has 1 atom stereocenters. The molecule has 1 saturated heterocycles. The number of ketones is 1. The van der Waals surface area contributed by atoms with Crippen LogP contribution in [0.1, 0.15) is 42.6 Å². The fourth-order valence-electron chi connectivity index (χ4n) is 3.04. The number of carbonyl (C=O) groups excluding carboxylic acids is 1. The molecule has 0 radical (unpaired) electrons. The van der Waals surface area contributed by atoms with Crippen LogP contribution in [0.5, 0.6) is 5.75 Å². The van der Waals surface area contributed by atoms with Crippen LogP contribution in [0.3, 0.4) is 0 Å². The van der Waals surface area contributed by atoms with Gasteiger partial charge in [-0.25, -0.2) is 0 Å². The molecule has 1 heterocycles. The minimum atomic E-state index is 0.0406. The number of phenolic OH excluding ortho intramolecular Hbond substituents is 1. The Bertz CT molecular complexity index is 502. The summed E-state index contributed by atoms with van der Waals surface area (Å²) in [5.41, 5.74) is 1.52. The molecule has 1 aliphatic rings. The molecule has 1 aromatic rings. The van der Waals surface area contributed by atoms with E-state index in [0.717, 1.165) is 38.0 Å². The summed E-state index contributed by atoms with van der Waals surface area (Å²) in [7, 11) is 2.17. The van der Waals surface area contributed by atoms with Gasteiger partial charge in [-0.2, -0.15) is 0 Å². The van der Waals surface area contributed by atoms with E-state index in [2.05, 4.69) is 23.8 Å². The smallest absolute Gasteiger partial charge is 0.159 e. The molecule has 1 aromatic carbocycles. The van der Waals surface area contributed by atoms with Crippen LogP contribution in [0.2, 0.25) is 0 Å². The van der Waals surface area contributed by atoms with Crippen LogP contribution in [0.25, 0.3) is 0 Å². The Hall–Kier alpha value is -1.39. The van der Waals surface area contributed by atoms with Crippen LogP contribution in [0.4, 0.5) is 0 Å². The number of Topliss-reactive ketones (excluding diaryl/α,β-unsaturated/α-hetero) is 1. The summed E-state index contributed by atoms with van der Waals surface area (Å²) in [6, 6.07) is 5.66. The van der Waals surface area contributed by atoms with E-state index < -0.39 is 0 Å². The van der Waals surface area contributed by atoms with E-state index in [0.29, 0.717) is 18.2 Å². The minimum Gasteiger partial charge on any atom is -0.508 e. The van der Waals surface area contributed by atoms with Crippen LogP contribution in [0.15, 0.2) is 18.2 Å². The van der Waals surface area contributed by atoms with Crippen LogP contribution >= 0.6 is 0 Å². The summed E-state index contributed by atoms with van der Waals surface area (Å²) in [5.74, 6) is 0.325. The Kier molecular flexibility index (Phi) is 5.37. The number of likely N-dealkylation sites (N-methyl/N-ethyl adjacent to an activating group) is 1. The largest absolute Gasteiger partial charge is 0.508 e. The van der Waals surface area contributed by atoms with E-state index in [-0.39, 0.29) is 11.5 Å². The molecule has 0 aromatic heterocycles. The molecule has 0 aliphatic carbocycles. The van der Waals surface area contributed by atoms with Crippen molar-refractivity contribution in [1.82, 2.24) is 9.80 Å². The molecule has 0 amide bonds. The van der Waals surface area contributed by atoms with Crippen molar-refractivity contribution in [3.8, 4) is 5.75 Å². The van der Waals surface area contributed by atoms with Gasteiger partial charge in [0.2, 0.25) is 0 Å². The molecular formula is C17H26N2O2. The first-order valence-corrected chi connectivity index (χ1v) is 7.76. The van der Waals surface area contributed by atoms with Gasteiger partial charge in [0.25, 0.3) is 0 Å². The molecule has 0 saturated carbocycles. The van der Waals surface area contributed by atoms with E-state index in [9.17, 15) is 9.90 Å². The Morgan fingerprint density at radius 2 is 2.14 bits per heavy atom. The molecule has 116 valence electrons. The normalized spacial score (nSPS) is 21.2. The fraction of sp³-hybridized carbons (Fsp3) is 0.588. The maximum atomic E-state index is 11.5. The minimum absolute atomic E-state index is 0.0406. The summed E-state index contributed by atoms with van der Waals surface area (Å²) in [6.07, 6.45) is 2.23. The summed E-state index contributed by atoms with van der Waals surface area (Å²) in [4.78, 5) is 16.3. The molecule has 4 nitrogen and oxygen atoms in total. The van der Waals surface area contributed by atoms with Crippen molar-refractivity contribution in [3.05, 3.63) is 29.3 Å². The summed E-state index contributed by atoms with van der Waals surface area (Å²) in [6.45, 7) is 7.69. The number of rotatable bonds is 4. The van der Waals surface area contributed by atoms with Gasteiger partial charge in [-0.3, -0.25) is 9.69 Å². The molecule has 1 aliphatic heterocycles. The van der Waals surface area contributed by atoms with Crippen molar-refractivity contribution >= 4 is 5.78 Å². The molecule has 4 heteroatoms. The van der Waals surface area contributed by atoms with Gasteiger partial charge in [-0.1, -0.05) is 6.92 Å². The Labute approximate surface area is 127 Å². The number of aromatic hydroxyl groups is 1. The fourth-order valence-corrected chi connectivity index (χ4v) is 3.04. The van der Waals surface area contributed by atoms with Gasteiger partial charge < -0.3 is 10.0 Å². The van der Waals surface area contributed by atoms with E-state index in [4.69, 9.17) is 0 Å². The molecule has 21 heavy (non-hydrogen) atoms. The monoisotopic (exact) mass is 290 g/mol. The van der Waals surface area contributed by atoms with Gasteiger partial charge in [0.15, 0.2) is 5.78 Å². The lowest BCUT2D eigenvalue weighted by atomic mass is 10.1. The lowest BCUT2D eigenvalue weighted by Gasteiger charge is -2.30. The SMILES string of the molecule is CCC1CN(C)CCCN1Cc1cc(C(C)=O)ccc1O. The van der Waals surface area contributed by atoms with Crippen LogP contribution in [-0.2, 0) is 6.54 Å². The van der Waals surface area contributed by atoms with Crippen LogP contribution < -0.4 is 0 Å². The molecule has 1 fully saturated rings. The zero-order valence-corrected chi connectivity index (χ0v) is 13.3. The van der Waals surface area contributed by atoms with Crippen LogP contribution in [-0.4, -0.2) is 53.4 Å². The molecular weight excluding hydrogens is 264 g/mol. The number of phenols is 1. The topological polar surface area (TPSA) is 43.8 Å². The van der Waals surface area contributed by atoms with Gasteiger partial charge in [-0.15, -0.1) is 0 Å². The maximum Gasteiger partial charge on any atom is 0.159 e. The van der Waals surface area contributed by atoms with Crippen molar-refractivity contribution in [2.24, 2.45) is 0 Å². The predicted molar refractivity (Wildman–Crippen MR) is 84.7 cm³/mol. The average molecular weight is 290 g/mol. The standard InChI is InChI=1S/C17H26N2O2/c1-4-16-12-18(3)8-5-9-19(16)11-15-10-14(13(2)20)6-7-17(15)21/h6-7,10,16,21H,4-5,8-9,11-12H2,1-3H3. The van der Waals surface area contributed by atoms with Gasteiger partial charge in [0.1, 0.15) is 5.75 Å². The number of hydrogen-bond donors (Lipinski definition) is 1. The zero-order chi connectivity index (χ0) is 15.4. The van der Waals surface area contributed by atoms with Gasteiger partial charge in [0, 0.05) is 36.8 Å². The van der Waals surface area contributed by atoms with Gasteiger partial charge >= 0.3 is 0 Å². The molecule has 0 bridgehead atoms. The lowest BCUT2D eigenvalue weighted by Crippen LogP contribution is -2.39. The molecule has 1 unspecified atom stereocenters. The quantitative estimate of drug-likeness (QED) is 0.865. The molecule has 1 N–H and O–H groups in total. The van der Waals surface area contributed by atoms with Crippen molar-refractivity contribution in [3.63, 3.8) is 0 Å². The first kappa shape index (κ1) is 16.0. The second-order valence-electron chi connectivity index (χ2n) is 6.05. The highest BCUT2D eigenvalue weighted by Gasteiger charge is 2.23. The summed E-state index contributed by atoms with van der Waals surface area (Å²) >= 11 is 0. The third-order valence-corrected chi connectivity index (χ3v) is 4.35. The van der Waals surface area contributed by atoms with Crippen molar-refractivity contribution in [2.75, 3.05) is 26.7 Å². The van der Waals surface area contributed by atoms with E-state index in [1.54, 1.807) is 19.1 Å². The third kappa shape index (κ3) is 4.05. The van der Waals surface area contributed by atoms with E-state index >= 15 is 0 Å². The first-order chi connectivity index (χ1) is 10.0. The number of nitrogens with zero attached hydrogens (tertiary/aromatic N) is 2. The lowest BCUT2D eigenvalue weighted by molar-refractivity contribution is 0.101. The maximum absolute atomic E-state index is 11.5. The first-order valence-electron chi connectivity index (χ1n) is 7.76. The van der Waals surface area contributed by atoms with Gasteiger partial charge in [-0.05, 0) is 51.6 Å². The average Bonchev–Trinajstić information content (AvgIpc) is 2.62. The van der Waals surface area contributed by atoms with Crippen molar-refractivity contribution in [2.45, 2.75) is 39.3 Å². The Balaban J connectivity index is 2.19. The molecule has 0 spiro atoms. The van der Waals surface area contributed by atoms with E-state index in [1.165, 1.54) is 0 Å². The summed E-state index contributed by atoms with van der Waals surface area (Å²) < 4.78 is 0.